The van der Waals surface area contributed by atoms with E-state index in [0.29, 0.717) is 42.3 Å². The molecule has 2 fully saturated rings. The van der Waals surface area contributed by atoms with Gasteiger partial charge in [-0.3, -0.25) is 19.2 Å². The number of morpholine rings is 2. The van der Waals surface area contributed by atoms with Gasteiger partial charge >= 0.3 is 11.9 Å². The first kappa shape index (κ1) is 56.7. The fourth-order valence-corrected chi connectivity index (χ4v) is 11.5. The van der Waals surface area contributed by atoms with Crippen LogP contribution in [-0.4, -0.2) is 106 Å². The molecule has 2 aliphatic heterocycles. The summed E-state index contributed by atoms with van der Waals surface area (Å²) in [6.07, 6.45) is -5.29. The molecule has 2 heterocycles. The first-order valence-corrected chi connectivity index (χ1v) is 27.1. The van der Waals surface area contributed by atoms with Crippen molar-refractivity contribution in [2.45, 2.75) is 126 Å². The number of carboxylic acids is 2. The normalized spacial score (nSPS) is 22.2. The highest BCUT2D eigenvalue weighted by Gasteiger charge is 2.50. The Hall–Kier alpha value is -4.26. The summed E-state index contributed by atoms with van der Waals surface area (Å²) in [5.41, 5.74) is 2.61. The molecule has 0 spiro atoms. The van der Waals surface area contributed by atoms with E-state index in [2.05, 4.69) is 0 Å². The maximum Gasteiger partial charge on any atom is 0.306 e. The van der Waals surface area contributed by atoms with Crippen LogP contribution in [0.4, 0.5) is 0 Å². The summed E-state index contributed by atoms with van der Waals surface area (Å²) in [4.78, 5) is 53.3. The van der Waals surface area contributed by atoms with E-state index in [-0.39, 0.29) is 11.5 Å². The van der Waals surface area contributed by atoms with Gasteiger partial charge in [0.2, 0.25) is 0 Å². The van der Waals surface area contributed by atoms with Gasteiger partial charge < -0.3 is 29.5 Å². The zero-order valence-electron chi connectivity index (χ0n) is 39.9. The highest BCUT2D eigenvalue weighted by atomic mass is 35.5. The molecular weight excluding hydrogens is 1030 g/mol. The smallest absolute Gasteiger partial charge is 0.306 e. The van der Waals surface area contributed by atoms with E-state index in [1.165, 1.54) is 9.80 Å². The number of ether oxygens (including phenoxy) is 2. The second kappa shape index (κ2) is 22.7. The Morgan fingerprint density at radius 3 is 1.13 bits per heavy atom. The van der Waals surface area contributed by atoms with E-state index in [1.807, 2.05) is 0 Å². The van der Waals surface area contributed by atoms with Crippen LogP contribution in [0.5, 0.6) is 0 Å². The van der Waals surface area contributed by atoms with Crippen LogP contribution < -0.4 is 0 Å². The van der Waals surface area contributed by atoms with Crippen molar-refractivity contribution in [2.75, 3.05) is 11.5 Å². The molecule has 2 amide bonds. The number of amides is 2. The lowest BCUT2D eigenvalue weighted by Gasteiger charge is -2.47. The van der Waals surface area contributed by atoms with E-state index in [4.69, 9.17) is 55.9 Å². The van der Waals surface area contributed by atoms with Crippen LogP contribution in [0.2, 0.25) is 20.1 Å². The molecule has 0 bridgehead atoms. The number of hydrogen-bond donors (Lipinski definition) is 2. The van der Waals surface area contributed by atoms with Gasteiger partial charge in [0.15, 0.2) is 19.7 Å². The fourth-order valence-electron chi connectivity index (χ4n) is 8.26. The van der Waals surface area contributed by atoms with Crippen LogP contribution in [0.15, 0.2) is 97.1 Å². The van der Waals surface area contributed by atoms with Crippen molar-refractivity contribution >= 4 is 89.8 Å². The largest absolute Gasteiger partial charge is 0.481 e. The molecule has 6 rings (SSSR count). The maximum absolute atomic E-state index is 13.6. The zero-order chi connectivity index (χ0) is 52.3. The number of aliphatic carboxylic acids is 2. The van der Waals surface area contributed by atoms with Gasteiger partial charge in [-0.2, -0.15) is 0 Å². The van der Waals surface area contributed by atoms with Crippen LogP contribution in [0, 0.1) is 0 Å². The topological polar surface area (TPSA) is 202 Å². The van der Waals surface area contributed by atoms with Crippen LogP contribution in [-0.2, 0) is 48.3 Å². The third kappa shape index (κ3) is 13.6. The molecule has 2 saturated heterocycles. The Bertz CT molecular complexity index is 2580. The molecule has 380 valence electrons. The molecule has 0 aromatic heterocycles. The minimum atomic E-state index is -3.60. The molecule has 0 unspecified atom stereocenters. The molecule has 8 atom stereocenters. The third-order valence-electron chi connectivity index (χ3n) is 12.1. The van der Waals surface area contributed by atoms with Crippen LogP contribution in [0.25, 0.3) is 0 Å². The molecule has 4 aromatic rings. The quantitative estimate of drug-likeness (QED) is 0.121. The van der Waals surface area contributed by atoms with Gasteiger partial charge in [-0.15, -0.1) is 0 Å². The average Bonchev–Trinajstić information content (AvgIpc) is 3.24. The second-order valence-corrected chi connectivity index (χ2v) is 26.7. The SMILES string of the molecule is C[C@@H](CS(=O)(=O)C(C)(C)C)N1C(=O)[C@@H](CC(=O)O)O[C@H](c2cccc(Cl)c2)[C@H]1c1ccc(Cl)cc1.C[C@@H](CS(=O)(=O)C(C)(C)C)N1C(=O)[C@H](CC(=O)O)O[C@H](c2cccc(Cl)c2)[C@H]1c1ccc(Cl)cc1. The van der Waals surface area contributed by atoms with E-state index >= 15 is 0 Å². The van der Waals surface area contributed by atoms with E-state index in [1.54, 1.807) is 152 Å². The molecule has 2 aliphatic rings. The van der Waals surface area contributed by atoms with Gasteiger partial charge in [0, 0.05) is 32.2 Å². The monoisotopic (exact) mass is 1080 g/mol. The first-order valence-electron chi connectivity index (χ1n) is 22.3. The summed E-state index contributed by atoms with van der Waals surface area (Å²) in [6, 6.07) is 24.5. The summed E-state index contributed by atoms with van der Waals surface area (Å²) in [6.45, 7) is 12.9. The van der Waals surface area contributed by atoms with Crippen molar-refractivity contribution in [3.8, 4) is 0 Å². The third-order valence-corrected chi connectivity index (χ3v) is 18.6. The summed E-state index contributed by atoms with van der Waals surface area (Å²) >= 11 is 24.7. The Morgan fingerprint density at radius 1 is 0.543 bits per heavy atom. The fraction of sp³-hybridized carbons (Fsp3) is 0.440. The molecule has 4 aromatic carbocycles. The van der Waals surface area contributed by atoms with E-state index in [0.717, 1.165) is 0 Å². The van der Waals surface area contributed by atoms with Crippen molar-refractivity contribution in [3.05, 3.63) is 139 Å². The number of nitrogens with zero attached hydrogens (tertiary/aromatic N) is 2. The number of hydrogen-bond acceptors (Lipinski definition) is 10. The van der Waals surface area contributed by atoms with Crippen LogP contribution >= 0.6 is 46.4 Å². The Balaban J connectivity index is 0.000000261. The average molecular weight is 1080 g/mol. The van der Waals surface area contributed by atoms with Gasteiger partial charge in [-0.25, -0.2) is 16.8 Å². The Kier molecular flexibility index (Phi) is 18.3. The minimum absolute atomic E-state index is 0.297. The van der Waals surface area contributed by atoms with E-state index < -0.39 is 114 Å². The first-order chi connectivity index (χ1) is 32.4. The highest BCUT2D eigenvalue weighted by molar-refractivity contribution is 7.93. The standard InChI is InChI=1S/2C25H29Cl2NO6S/c2*1-15(14-35(32,33)25(2,3)4)28-22(16-8-10-18(26)11-9-16)23(17-6-5-7-19(27)12-17)34-20(24(28)31)13-21(29)30/h2*5-12,15,20,22-23H,13-14H2,1-4H3,(H,29,30)/t15-,20+,22+,23+;15-,20-,22+,23+/m00/s1. The second-order valence-electron chi connectivity index (χ2n) is 19.4. The van der Waals surface area contributed by atoms with Gasteiger partial charge in [0.25, 0.3) is 11.8 Å². The molecule has 20 heteroatoms. The van der Waals surface area contributed by atoms with Crippen molar-refractivity contribution < 1.29 is 55.7 Å². The lowest BCUT2D eigenvalue weighted by atomic mass is 9.90. The lowest BCUT2D eigenvalue weighted by Crippen LogP contribution is -2.56. The van der Waals surface area contributed by atoms with Gasteiger partial charge in [-0.1, -0.05) is 94.9 Å². The Labute approximate surface area is 430 Å². The molecular formula is C50H58Cl4N2O12S2. The number of rotatable bonds is 14. The van der Waals surface area contributed by atoms with Gasteiger partial charge in [-0.05, 0) is 126 Å². The van der Waals surface area contributed by atoms with Gasteiger partial charge in [0.05, 0.1) is 45.9 Å². The molecule has 0 radical (unpaired) electrons. The number of carbonyl (C=O) groups is 4. The predicted octanol–water partition coefficient (Wildman–Crippen LogP) is 10.2. The molecule has 14 nitrogen and oxygen atoms in total. The summed E-state index contributed by atoms with van der Waals surface area (Å²) < 4.78 is 62.4. The van der Waals surface area contributed by atoms with Crippen LogP contribution in [0.3, 0.4) is 0 Å². The van der Waals surface area contributed by atoms with E-state index in [9.17, 15) is 46.2 Å². The van der Waals surface area contributed by atoms with Crippen LogP contribution in [0.1, 0.15) is 115 Å². The van der Waals surface area contributed by atoms with Crippen molar-refractivity contribution in [2.24, 2.45) is 0 Å². The Morgan fingerprint density at radius 2 is 0.857 bits per heavy atom. The molecule has 70 heavy (non-hydrogen) atoms. The maximum atomic E-state index is 13.6. The number of sulfone groups is 2. The van der Waals surface area contributed by atoms with Crippen molar-refractivity contribution in [1.82, 2.24) is 9.80 Å². The summed E-state index contributed by atoms with van der Waals surface area (Å²) in [5.74, 6) is -4.16. The summed E-state index contributed by atoms with van der Waals surface area (Å²) in [5, 5.41) is 20.8. The lowest BCUT2D eigenvalue weighted by molar-refractivity contribution is -0.182. The number of halogens is 4. The minimum Gasteiger partial charge on any atom is -0.481 e. The molecule has 0 aliphatic carbocycles. The van der Waals surface area contributed by atoms with Crippen molar-refractivity contribution in [3.63, 3.8) is 0 Å². The zero-order valence-corrected chi connectivity index (χ0v) is 44.5. The number of benzene rings is 4. The highest BCUT2D eigenvalue weighted by Crippen LogP contribution is 2.46. The molecule has 2 N–H and O–H groups in total. The van der Waals surface area contributed by atoms with Crippen molar-refractivity contribution in [1.29, 1.82) is 0 Å². The predicted molar refractivity (Wildman–Crippen MR) is 271 cm³/mol. The summed E-state index contributed by atoms with van der Waals surface area (Å²) in [7, 11) is -7.21. The van der Waals surface area contributed by atoms with Gasteiger partial charge in [0.1, 0.15) is 24.4 Å². The molecule has 0 saturated carbocycles. The number of carbonyl (C=O) groups excluding carboxylic acids is 2. The number of carboxylic acid groups (broad SMARTS) is 2.